The number of nitrogens with two attached hydrogens (primary N) is 1. The highest BCUT2D eigenvalue weighted by atomic mass is 32.1. The molecule has 1 aromatic heterocycles. The quantitative estimate of drug-likeness (QED) is 0.531. The standard InChI is InChI=1S/C24H26FN5O2S/c25-20-5-2-1-4-18(20)12-19(26)13-23(31)30-11-3-6-21(30)24(32)27-14-16-7-9-17(10-8-16)22-15-28-29-33-22/h1-2,4-5,7-10,15,19,21H,3,6,11-14,26H2,(H,27,32)/t19-,21+/m1/s1. The maximum absolute atomic E-state index is 13.9. The van der Waals surface area contributed by atoms with Gasteiger partial charge in [0.1, 0.15) is 11.9 Å². The summed E-state index contributed by atoms with van der Waals surface area (Å²) >= 11 is 1.33. The SMILES string of the molecule is N[C@@H](CC(=O)N1CCC[C@H]1C(=O)NCc1ccc(-c2cnns2)cc1)Cc1ccccc1F. The number of nitrogens with one attached hydrogen (secondary N) is 1. The summed E-state index contributed by atoms with van der Waals surface area (Å²) in [4.78, 5) is 28.2. The van der Waals surface area contributed by atoms with Crippen molar-refractivity contribution >= 4 is 23.3 Å². The fourth-order valence-electron chi connectivity index (χ4n) is 4.09. The number of amides is 2. The van der Waals surface area contributed by atoms with Crippen LogP contribution in [-0.4, -0.2) is 44.9 Å². The maximum Gasteiger partial charge on any atom is 0.243 e. The molecule has 2 amide bonds. The summed E-state index contributed by atoms with van der Waals surface area (Å²) in [5, 5.41) is 6.79. The van der Waals surface area contributed by atoms with Crippen LogP contribution in [-0.2, 0) is 22.6 Å². The van der Waals surface area contributed by atoms with Gasteiger partial charge in [0, 0.05) is 25.6 Å². The largest absolute Gasteiger partial charge is 0.350 e. The Kier molecular flexibility index (Phi) is 7.41. The molecular weight excluding hydrogens is 441 g/mol. The van der Waals surface area contributed by atoms with E-state index in [0.29, 0.717) is 25.1 Å². The summed E-state index contributed by atoms with van der Waals surface area (Å²) < 4.78 is 17.7. The van der Waals surface area contributed by atoms with Gasteiger partial charge >= 0.3 is 0 Å². The smallest absolute Gasteiger partial charge is 0.243 e. The normalized spacial score (nSPS) is 16.5. The van der Waals surface area contributed by atoms with Crippen LogP contribution in [0, 0.1) is 5.82 Å². The lowest BCUT2D eigenvalue weighted by Gasteiger charge is -2.25. The zero-order chi connectivity index (χ0) is 23.2. The predicted octanol–water partition coefficient (Wildman–Crippen LogP) is 2.91. The molecule has 2 aromatic carbocycles. The van der Waals surface area contributed by atoms with Crippen molar-refractivity contribution in [1.82, 2.24) is 19.8 Å². The number of rotatable bonds is 8. The van der Waals surface area contributed by atoms with E-state index >= 15 is 0 Å². The fraction of sp³-hybridized carbons (Fsp3) is 0.333. The summed E-state index contributed by atoms with van der Waals surface area (Å²) in [5.74, 6) is -0.658. The summed E-state index contributed by atoms with van der Waals surface area (Å²) in [6.45, 7) is 0.909. The highest BCUT2D eigenvalue weighted by Crippen LogP contribution is 2.22. The van der Waals surface area contributed by atoms with Crippen LogP contribution in [0.25, 0.3) is 10.4 Å². The van der Waals surface area contributed by atoms with E-state index in [1.165, 1.54) is 17.6 Å². The van der Waals surface area contributed by atoms with E-state index in [4.69, 9.17) is 5.73 Å². The minimum Gasteiger partial charge on any atom is -0.350 e. The molecule has 2 heterocycles. The second-order valence-electron chi connectivity index (χ2n) is 8.20. The number of likely N-dealkylation sites (tertiary alicyclic amines) is 1. The summed E-state index contributed by atoms with van der Waals surface area (Å²) in [6, 6.07) is 13.3. The van der Waals surface area contributed by atoms with Crippen molar-refractivity contribution in [2.24, 2.45) is 5.73 Å². The molecule has 33 heavy (non-hydrogen) atoms. The monoisotopic (exact) mass is 467 g/mol. The van der Waals surface area contributed by atoms with Crippen LogP contribution in [0.2, 0.25) is 0 Å². The molecule has 0 aliphatic carbocycles. The summed E-state index contributed by atoms with van der Waals surface area (Å²) in [6.07, 6.45) is 3.46. The molecule has 1 fully saturated rings. The molecule has 172 valence electrons. The van der Waals surface area contributed by atoms with Gasteiger partial charge in [0.2, 0.25) is 11.8 Å². The third-order valence-corrected chi connectivity index (χ3v) is 6.53. The van der Waals surface area contributed by atoms with Crippen molar-refractivity contribution in [3.63, 3.8) is 0 Å². The topological polar surface area (TPSA) is 101 Å². The lowest BCUT2D eigenvalue weighted by atomic mass is 10.0. The van der Waals surface area contributed by atoms with Gasteiger partial charge in [-0.2, -0.15) is 0 Å². The van der Waals surface area contributed by atoms with Crippen LogP contribution < -0.4 is 11.1 Å². The Bertz CT molecular complexity index is 1090. The van der Waals surface area contributed by atoms with Gasteiger partial charge in [-0.05, 0) is 53.6 Å². The number of halogens is 1. The Morgan fingerprint density at radius 2 is 2.00 bits per heavy atom. The third kappa shape index (κ3) is 5.80. The molecule has 7 nitrogen and oxygen atoms in total. The predicted molar refractivity (Wildman–Crippen MR) is 125 cm³/mol. The lowest BCUT2D eigenvalue weighted by molar-refractivity contribution is -0.138. The molecule has 3 aromatic rings. The van der Waals surface area contributed by atoms with Crippen LogP contribution in [0.1, 0.15) is 30.4 Å². The Morgan fingerprint density at radius 1 is 1.21 bits per heavy atom. The van der Waals surface area contributed by atoms with Gasteiger partial charge in [-0.15, -0.1) is 5.10 Å². The van der Waals surface area contributed by atoms with Gasteiger partial charge in [0.05, 0.1) is 11.1 Å². The van der Waals surface area contributed by atoms with Crippen molar-refractivity contribution < 1.29 is 14.0 Å². The van der Waals surface area contributed by atoms with Crippen molar-refractivity contribution in [1.29, 1.82) is 0 Å². The molecule has 0 saturated carbocycles. The third-order valence-electron chi connectivity index (χ3n) is 5.82. The molecule has 1 saturated heterocycles. The van der Waals surface area contributed by atoms with Gasteiger partial charge in [-0.1, -0.05) is 47.0 Å². The van der Waals surface area contributed by atoms with Gasteiger partial charge in [0.15, 0.2) is 0 Å². The zero-order valence-electron chi connectivity index (χ0n) is 18.1. The molecule has 0 radical (unpaired) electrons. The lowest BCUT2D eigenvalue weighted by Crippen LogP contribution is -2.47. The van der Waals surface area contributed by atoms with Crippen molar-refractivity contribution in [2.75, 3.05) is 6.54 Å². The molecule has 0 unspecified atom stereocenters. The number of hydrogen-bond acceptors (Lipinski definition) is 6. The van der Waals surface area contributed by atoms with E-state index < -0.39 is 12.1 Å². The van der Waals surface area contributed by atoms with Crippen molar-refractivity contribution in [3.8, 4) is 10.4 Å². The first-order valence-electron chi connectivity index (χ1n) is 10.9. The molecule has 0 bridgehead atoms. The number of carbonyl (C=O) groups is 2. The maximum atomic E-state index is 13.9. The highest BCUT2D eigenvalue weighted by Gasteiger charge is 2.34. The molecule has 2 atom stereocenters. The number of aromatic nitrogens is 2. The number of nitrogens with zero attached hydrogens (tertiary/aromatic N) is 3. The first kappa shape index (κ1) is 23.0. The van der Waals surface area contributed by atoms with Gasteiger partial charge in [0.25, 0.3) is 0 Å². The number of benzene rings is 2. The second-order valence-corrected chi connectivity index (χ2v) is 8.99. The van der Waals surface area contributed by atoms with Crippen LogP contribution >= 0.6 is 11.5 Å². The summed E-state index contributed by atoms with van der Waals surface area (Å²) in [7, 11) is 0. The zero-order valence-corrected chi connectivity index (χ0v) is 18.9. The number of hydrogen-bond donors (Lipinski definition) is 2. The number of carbonyl (C=O) groups excluding carboxylic acids is 2. The fourth-order valence-corrected chi connectivity index (χ4v) is 4.60. The Morgan fingerprint density at radius 3 is 2.73 bits per heavy atom. The molecule has 1 aliphatic heterocycles. The molecule has 1 aliphatic rings. The van der Waals surface area contributed by atoms with Crippen molar-refractivity contribution in [3.05, 3.63) is 71.7 Å². The molecule has 0 spiro atoms. The van der Waals surface area contributed by atoms with Crippen molar-refractivity contribution in [2.45, 2.75) is 44.3 Å². The second kappa shape index (κ2) is 10.6. The van der Waals surface area contributed by atoms with Gasteiger partial charge in [-0.3, -0.25) is 9.59 Å². The Balaban J connectivity index is 1.29. The highest BCUT2D eigenvalue weighted by molar-refractivity contribution is 7.09. The minimum atomic E-state index is -0.508. The molecule has 4 rings (SSSR count). The average molecular weight is 468 g/mol. The van der Waals surface area contributed by atoms with Crippen LogP contribution in [0.4, 0.5) is 4.39 Å². The van der Waals surface area contributed by atoms with Crippen LogP contribution in [0.5, 0.6) is 0 Å². The molecule has 3 N–H and O–H groups in total. The van der Waals surface area contributed by atoms with Gasteiger partial charge < -0.3 is 16.0 Å². The van der Waals surface area contributed by atoms with E-state index in [9.17, 15) is 14.0 Å². The van der Waals surface area contributed by atoms with Gasteiger partial charge in [-0.25, -0.2) is 4.39 Å². The first-order valence-corrected chi connectivity index (χ1v) is 11.7. The minimum absolute atomic E-state index is 0.0754. The van der Waals surface area contributed by atoms with E-state index in [1.54, 1.807) is 29.3 Å². The Hall–Kier alpha value is -3.17. The van der Waals surface area contributed by atoms with E-state index in [1.807, 2.05) is 24.3 Å². The van der Waals surface area contributed by atoms with Crippen LogP contribution in [0.15, 0.2) is 54.7 Å². The van der Waals surface area contributed by atoms with E-state index in [0.717, 1.165) is 22.4 Å². The van der Waals surface area contributed by atoms with E-state index in [2.05, 4.69) is 14.9 Å². The van der Waals surface area contributed by atoms with Crippen LogP contribution in [0.3, 0.4) is 0 Å². The first-order chi connectivity index (χ1) is 16.0. The average Bonchev–Trinajstić information content (AvgIpc) is 3.52. The molecular formula is C24H26FN5O2S. The summed E-state index contributed by atoms with van der Waals surface area (Å²) in [5.41, 5.74) is 8.61. The van der Waals surface area contributed by atoms with E-state index in [-0.39, 0.29) is 30.5 Å². The Labute approximate surface area is 196 Å². The molecule has 9 heteroatoms.